The number of rotatable bonds is 4. The van der Waals surface area contributed by atoms with E-state index in [0.29, 0.717) is 11.4 Å². The summed E-state index contributed by atoms with van der Waals surface area (Å²) in [6, 6.07) is 8.95. The number of nitrogens with two attached hydrogens (primary N) is 1. The van der Waals surface area contributed by atoms with Crippen LogP contribution in [0.3, 0.4) is 0 Å². The van der Waals surface area contributed by atoms with Gasteiger partial charge in [0, 0.05) is 6.20 Å². The first-order chi connectivity index (χ1) is 9.63. The van der Waals surface area contributed by atoms with Crippen molar-refractivity contribution in [2.75, 3.05) is 12.3 Å². The molecule has 1 aromatic carbocycles. The van der Waals surface area contributed by atoms with Crippen molar-refractivity contribution < 1.29 is 9.90 Å². The molecular weight excluding hydrogens is 256 g/mol. The maximum atomic E-state index is 12.1. The summed E-state index contributed by atoms with van der Waals surface area (Å²) >= 11 is 0. The molecule has 0 saturated heterocycles. The Morgan fingerprint density at radius 1 is 1.40 bits per heavy atom. The summed E-state index contributed by atoms with van der Waals surface area (Å²) in [5.41, 5.74) is 7.08. The van der Waals surface area contributed by atoms with Crippen LogP contribution in [0.15, 0.2) is 36.5 Å². The van der Waals surface area contributed by atoms with E-state index in [0.717, 1.165) is 18.5 Å². The summed E-state index contributed by atoms with van der Waals surface area (Å²) < 4.78 is 1.57. The fourth-order valence-corrected chi connectivity index (χ4v) is 2.05. The number of nitrogens with zero attached hydrogens (tertiary/aromatic N) is 2. The van der Waals surface area contributed by atoms with Crippen LogP contribution in [0.2, 0.25) is 0 Å². The maximum Gasteiger partial charge on any atom is 0.272 e. The largest absolute Gasteiger partial charge is 0.397 e. The second-order valence-corrected chi connectivity index (χ2v) is 5.10. The van der Waals surface area contributed by atoms with Gasteiger partial charge in [-0.15, -0.1) is 0 Å². The van der Waals surface area contributed by atoms with Crippen molar-refractivity contribution in [3.8, 4) is 5.69 Å². The van der Waals surface area contributed by atoms with Crippen LogP contribution >= 0.6 is 0 Å². The fourth-order valence-electron chi connectivity index (χ4n) is 2.05. The molecule has 20 heavy (non-hydrogen) atoms. The van der Waals surface area contributed by atoms with Crippen molar-refractivity contribution in [3.63, 3.8) is 0 Å². The number of nitrogens with one attached hydrogen (secondary N) is 1. The molecule has 4 N–H and O–H groups in total. The molecule has 3 rings (SSSR count). The smallest absolute Gasteiger partial charge is 0.272 e. The molecule has 0 bridgehead atoms. The Balaban J connectivity index is 1.80. The summed E-state index contributed by atoms with van der Waals surface area (Å²) in [5, 5.41) is 16.3. The summed E-state index contributed by atoms with van der Waals surface area (Å²) in [5.74, 6) is -0.273. The van der Waals surface area contributed by atoms with Gasteiger partial charge in [0.05, 0.1) is 23.5 Å². The van der Waals surface area contributed by atoms with Gasteiger partial charge in [-0.2, -0.15) is 5.10 Å². The number of nitrogen functional groups attached to an aromatic ring is 1. The Morgan fingerprint density at radius 2 is 2.15 bits per heavy atom. The van der Waals surface area contributed by atoms with E-state index >= 15 is 0 Å². The van der Waals surface area contributed by atoms with Gasteiger partial charge >= 0.3 is 0 Å². The predicted octanol–water partition coefficient (Wildman–Crippen LogP) is 0.709. The molecule has 6 nitrogen and oxygen atoms in total. The SMILES string of the molecule is Nc1ccccc1-n1ccc(C(=O)NC2(CO)CC2)n1. The van der Waals surface area contributed by atoms with E-state index in [4.69, 9.17) is 5.73 Å². The van der Waals surface area contributed by atoms with Gasteiger partial charge in [-0.25, -0.2) is 4.68 Å². The van der Waals surface area contributed by atoms with Gasteiger partial charge in [0.2, 0.25) is 0 Å². The molecule has 104 valence electrons. The number of aliphatic hydroxyl groups excluding tert-OH is 1. The second-order valence-electron chi connectivity index (χ2n) is 5.10. The first-order valence-electron chi connectivity index (χ1n) is 6.47. The Labute approximate surface area is 116 Å². The van der Waals surface area contributed by atoms with Crippen LogP contribution in [0.4, 0.5) is 5.69 Å². The molecule has 1 aliphatic rings. The number of carbonyl (C=O) groups excluding carboxylic acids is 1. The van der Waals surface area contributed by atoms with Crippen LogP contribution in [0, 0.1) is 0 Å². The summed E-state index contributed by atoms with van der Waals surface area (Å²) in [6.07, 6.45) is 3.31. The minimum Gasteiger partial charge on any atom is -0.397 e. The monoisotopic (exact) mass is 272 g/mol. The van der Waals surface area contributed by atoms with Gasteiger partial charge < -0.3 is 16.2 Å². The van der Waals surface area contributed by atoms with Gasteiger partial charge in [-0.1, -0.05) is 12.1 Å². The molecule has 1 amide bonds. The van der Waals surface area contributed by atoms with Crippen LogP contribution in [-0.4, -0.2) is 32.9 Å². The van der Waals surface area contributed by atoms with E-state index < -0.39 is 5.54 Å². The molecule has 1 heterocycles. The van der Waals surface area contributed by atoms with E-state index in [2.05, 4.69) is 10.4 Å². The Kier molecular flexibility index (Phi) is 2.94. The van der Waals surface area contributed by atoms with E-state index in [9.17, 15) is 9.90 Å². The minimum atomic E-state index is -0.438. The summed E-state index contributed by atoms with van der Waals surface area (Å²) in [6.45, 7) is -0.0366. The number of amides is 1. The molecule has 2 aromatic rings. The highest BCUT2D eigenvalue weighted by molar-refractivity contribution is 5.93. The number of hydrogen-bond donors (Lipinski definition) is 3. The predicted molar refractivity (Wildman–Crippen MR) is 74.5 cm³/mol. The van der Waals surface area contributed by atoms with Crippen LogP contribution in [-0.2, 0) is 0 Å². The van der Waals surface area contributed by atoms with Crippen molar-refractivity contribution >= 4 is 11.6 Å². The third kappa shape index (κ3) is 2.25. The number of aliphatic hydroxyl groups is 1. The molecule has 1 fully saturated rings. The molecular formula is C14H16N4O2. The number of para-hydroxylation sites is 2. The number of hydrogen-bond acceptors (Lipinski definition) is 4. The Morgan fingerprint density at radius 3 is 2.80 bits per heavy atom. The van der Waals surface area contributed by atoms with E-state index in [1.54, 1.807) is 23.0 Å². The second kappa shape index (κ2) is 4.64. The average molecular weight is 272 g/mol. The lowest BCUT2D eigenvalue weighted by molar-refractivity contribution is 0.0901. The highest BCUT2D eigenvalue weighted by atomic mass is 16.3. The van der Waals surface area contributed by atoms with E-state index in [1.807, 2.05) is 18.2 Å². The lowest BCUT2D eigenvalue weighted by atomic mass is 10.2. The summed E-state index contributed by atoms with van der Waals surface area (Å²) in [7, 11) is 0. The highest BCUT2D eigenvalue weighted by Gasteiger charge is 2.43. The topological polar surface area (TPSA) is 93.2 Å². The Bertz CT molecular complexity index is 646. The van der Waals surface area contributed by atoms with Crippen LogP contribution in [0.25, 0.3) is 5.69 Å². The molecule has 6 heteroatoms. The number of carbonyl (C=O) groups is 1. The molecule has 0 unspecified atom stereocenters. The van der Waals surface area contributed by atoms with Crippen molar-refractivity contribution in [2.45, 2.75) is 18.4 Å². The normalized spacial score (nSPS) is 15.8. The molecule has 0 aliphatic heterocycles. The lowest BCUT2D eigenvalue weighted by Crippen LogP contribution is -2.39. The van der Waals surface area contributed by atoms with Gasteiger partial charge in [0.15, 0.2) is 5.69 Å². The standard InChI is InChI=1S/C14H16N4O2/c15-10-3-1-2-4-12(10)18-8-5-11(17-18)13(20)16-14(9-19)6-7-14/h1-5,8,19H,6-7,9,15H2,(H,16,20). The van der Waals surface area contributed by atoms with Crippen molar-refractivity contribution in [3.05, 3.63) is 42.2 Å². The molecule has 0 spiro atoms. The zero-order chi connectivity index (χ0) is 14.2. The van der Waals surface area contributed by atoms with Gasteiger partial charge in [0.25, 0.3) is 5.91 Å². The van der Waals surface area contributed by atoms with Crippen molar-refractivity contribution in [1.82, 2.24) is 15.1 Å². The lowest BCUT2D eigenvalue weighted by Gasteiger charge is -2.12. The minimum absolute atomic E-state index is 0.0366. The van der Waals surface area contributed by atoms with Crippen molar-refractivity contribution in [2.24, 2.45) is 0 Å². The molecule has 0 radical (unpaired) electrons. The summed E-state index contributed by atoms with van der Waals surface area (Å²) in [4.78, 5) is 12.1. The Hall–Kier alpha value is -2.34. The fraction of sp³-hybridized carbons (Fsp3) is 0.286. The highest BCUT2D eigenvalue weighted by Crippen LogP contribution is 2.34. The zero-order valence-corrected chi connectivity index (χ0v) is 10.9. The third-order valence-electron chi connectivity index (χ3n) is 3.54. The number of aromatic nitrogens is 2. The van der Waals surface area contributed by atoms with Crippen LogP contribution in [0.5, 0.6) is 0 Å². The zero-order valence-electron chi connectivity index (χ0n) is 10.9. The maximum absolute atomic E-state index is 12.1. The molecule has 1 saturated carbocycles. The van der Waals surface area contributed by atoms with Gasteiger partial charge in [-0.3, -0.25) is 4.79 Å². The number of anilines is 1. The van der Waals surface area contributed by atoms with Crippen molar-refractivity contribution in [1.29, 1.82) is 0 Å². The molecule has 1 aromatic heterocycles. The molecule has 1 aliphatic carbocycles. The third-order valence-corrected chi connectivity index (χ3v) is 3.54. The quantitative estimate of drug-likeness (QED) is 0.715. The average Bonchev–Trinajstić information content (AvgIpc) is 3.05. The van der Waals surface area contributed by atoms with E-state index in [1.165, 1.54) is 0 Å². The first-order valence-corrected chi connectivity index (χ1v) is 6.47. The van der Waals surface area contributed by atoms with E-state index in [-0.39, 0.29) is 12.5 Å². The van der Waals surface area contributed by atoms with Crippen LogP contribution in [0.1, 0.15) is 23.3 Å². The molecule has 0 atom stereocenters. The first kappa shape index (κ1) is 12.7. The van der Waals surface area contributed by atoms with Crippen LogP contribution < -0.4 is 11.1 Å². The number of benzene rings is 1. The van der Waals surface area contributed by atoms with Gasteiger partial charge in [-0.05, 0) is 31.0 Å². The van der Waals surface area contributed by atoms with Gasteiger partial charge in [0.1, 0.15) is 0 Å².